The van der Waals surface area contributed by atoms with E-state index in [1.165, 1.54) is 0 Å². The molecule has 2 amide bonds. The van der Waals surface area contributed by atoms with Gasteiger partial charge in [-0.2, -0.15) is 13.2 Å². The van der Waals surface area contributed by atoms with Gasteiger partial charge >= 0.3 is 6.18 Å². The molecule has 1 aromatic heterocycles. The van der Waals surface area contributed by atoms with E-state index in [0.29, 0.717) is 23.6 Å². The fourth-order valence-electron chi connectivity index (χ4n) is 3.88. The average Bonchev–Trinajstić information content (AvgIpc) is 3.31. The van der Waals surface area contributed by atoms with Crippen molar-refractivity contribution in [3.63, 3.8) is 0 Å². The number of carbonyl (C=O) groups is 2. The Hall–Kier alpha value is -3.07. The van der Waals surface area contributed by atoms with Crippen molar-refractivity contribution in [1.82, 2.24) is 10.3 Å². The summed E-state index contributed by atoms with van der Waals surface area (Å²) in [5.74, 6) is -3.53. The van der Waals surface area contributed by atoms with E-state index in [0.717, 1.165) is 27.4 Å². The molecule has 3 aromatic rings. The van der Waals surface area contributed by atoms with Crippen LogP contribution in [0.4, 0.5) is 23.2 Å². The summed E-state index contributed by atoms with van der Waals surface area (Å²) in [5, 5.41) is 4.24. The minimum absolute atomic E-state index is 0.0702. The number of fused-ring (bicyclic) bond motifs is 1. The predicted octanol–water partition coefficient (Wildman–Crippen LogP) is 4.69. The number of nitrogens with zero attached hydrogens (tertiary/aromatic N) is 1. The molecular formula is C22H18ClF4N3O2. The lowest BCUT2D eigenvalue weighted by atomic mass is 10.1. The normalized spacial score (nSPS) is 16.7. The molecule has 2 heterocycles. The Morgan fingerprint density at radius 3 is 2.75 bits per heavy atom. The van der Waals surface area contributed by atoms with E-state index < -0.39 is 35.3 Å². The van der Waals surface area contributed by atoms with Gasteiger partial charge in [0.05, 0.1) is 5.56 Å². The highest BCUT2D eigenvalue weighted by Gasteiger charge is 2.39. The molecule has 2 aromatic carbocycles. The summed E-state index contributed by atoms with van der Waals surface area (Å²) < 4.78 is 52.5. The van der Waals surface area contributed by atoms with Crippen LogP contribution < -0.4 is 10.2 Å². The summed E-state index contributed by atoms with van der Waals surface area (Å²) in [6.07, 6.45) is -2.40. The highest BCUT2D eigenvalue weighted by atomic mass is 35.5. The molecular weight excluding hydrogens is 450 g/mol. The van der Waals surface area contributed by atoms with E-state index in [4.69, 9.17) is 11.6 Å². The average molecular weight is 468 g/mol. The van der Waals surface area contributed by atoms with E-state index in [9.17, 15) is 27.2 Å². The molecule has 1 aliphatic rings. The molecule has 5 nitrogen and oxygen atoms in total. The number of aromatic amines is 1. The number of carbonyl (C=O) groups excluding carboxylic acids is 2. The van der Waals surface area contributed by atoms with Crippen LogP contribution in [-0.2, 0) is 22.2 Å². The topological polar surface area (TPSA) is 65.2 Å². The van der Waals surface area contributed by atoms with Gasteiger partial charge in [0.2, 0.25) is 11.8 Å². The fourth-order valence-corrected chi connectivity index (χ4v) is 4.05. The minimum atomic E-state index is -4.88. The molecule has 2 N–H and O–H groups in total. The van der Waals surface area contributed by atoms with Crippen molar-refractivity contribution in [2.75, 3.05) is 18.0 Å². The van der Waals surface area contributed by atoms with Crippen LogP contribution in [0.2, 0.25) is 5.02 Å². The third-order valence-corrected chi connectivity index (χ3v) is 5.75. The number of H-pyrrole nitrogens is 1. The molecule has 4 rings (SSSR count). The van der Waals surface area contributed by atoms with Crippen LogP contribution in [-0.4, -0.2) is 29.9 Å². The molecule has 10 heteroatoms. The molecule has 32 heavy (non-hydrogen) atoms. The number of nitrogens with one attached hydrogen (secondary N) is 2. The summed E-state index contributed by atoms with van der Waals surface area (Å²) in [5.41, 5.74) is 0.326. The Labute approximate surface area is 185 Å². The Bertz CT molecular complexity index is 1190. The Balaban J connectivity index is 1.39. The SMILES string of the molecule is O=C(NCCc1c[nH]c2ccc(Cl)cc12)C1CCN(c2ccc(F)c(C(F)(F)F)c2)C1=O. The van der Waals surface area contributed by atoms with Crippen LogP contribution in [0.1, 0.15) is 17.5 Å². The molecule has 168 valence electrons. The van der Waals surface area contributed by atoms with Crippen LogP contribution in [0.25, 0.3) is 10.9 Å². The smallest absolute Gasteiger partial charge is 0.361 e. The first-order valence-corrected chi connectivity index (χ1v) is 10.2. The summed E-state index contributed by atoms with van der Waals surface area (Å²) in [6, 6.07) is 7.81. The van der Waals surface area contributed by atoms with E-state index >= 15 is 0 Å². The van der Waals surface area contributed by atoms with Crippen LogP contribution in [0.5, 0.6) is 0 Å². The number of hydrogen-bond acceptors (Lipinski definition) is 2. The summed E-state index contributed by atoms with van der Waals surface area (Å²) in [4.78, 5) is 29.4. The first-order chi connectivity index (χ1) is 15.1. The van der Waals surface area contributed by atoms with Crippen molar-refractivity contribution in [2.24, 2.45) is 5.92 Å². The molecule has 1 aliphatic heterocycles. The first kappa shape index (κ1) is 22.1. The zero-order valence-electron chi connectivity index (χ0n) is 16.6. The number of anilines is 1. The van der Waals surface area contributed by atoms with Crippen LogP contribution in [0, 0.1) is 11.7 Å². The van der Waals surface area contributed by atoms with Crippen LogP contribution >= 0.6 is 11.6 Å². The lowest BCUT2D eigenvalue weighted by molar-refractivity contribution is -0.140. The fraction of sp³-hybridized carbons (Fsp3) is 0.273. The summed E-state index contributed by atoms with van der Waals surface area (Å²) in [6.45, 7) is 0.345. The Kier molecular flexibility index (Phi) is 5.85. The quantitative estimate of drug-likeness (QED) is 0.422. The molecule has 0 saturated carbocycles. The monoisotopic (exact) mass is 467 g/mol. The number of alkyl halides is 3. The number of aromatic nitrogens is 1. The van der Waals surface area contributed by atoms with Crippen molar-refractivity contribution in [1.29, 1.82) is 0 Å². The zero-order valence-corrected chi connectivity index (χ0v) is 17.4. The molecule has 0 radical (unpaired) electrons. The Morgan fingerprint density at radius 1 is 1.22 bits per heavy atom. The van der Waals surface area contributed by atoms with Crippen molar-refractivity contribution in [3.05, 3.63) is 64.6 Å². The van der Waals surface area contributed by atoms with Gasteiger partial charge in [0, 0.05) is 40.9 Å². The minimum Gasteiger partial charge on any atom is -0.361 e. The second kappa shape index (κ2) is 8.46. The number of halogens is 5. The van der Waals surface area contributed by atoms with Crippen molar-refractivity contribution in [2.45, 2.75) is 19.0 Å². The number of benzene rings is 2. The number of rotatable bonds is 5. The Morgan fingerprint density at radius 2 is 2.00 bits per heavy atom. The predicted molar refractivity (Wildman–Crippen MR) is 112 cm³/mol. The highest BCUT2D eigenvalue weighted by Crippen LogP contribution is 2.35. The molecule has 0 bridgehead atoms. The standard InChI is InChI=1S/C22H18ClF4N3O2/c23-13-1-4-19-16(9-13)12(11-29-19)5-7-28-20(31)15-6-8-30(21(15)32)14-2-3-18(24)17(10-14)22(25,26)27/h1-4,9-11,15,29H,5-8H2,(H,28,31). The van der Waals surface area contributed by atoms with Gasteiger partial charge in [0.15, 0.2) is 0 Å². The van der Waals surface area contributed by atoms with E-state index in [-0.39, 0.29) is 25.2 Å². The highest BCUT2D eigenvalue weighted by molar-refractivity contribution is 6.31. The maximum absolute atomic E-state index is 13.5. The maximum Gasteiger partial charge on any atom is 0.419 e. The van der Waals surface area contributed by atoms with Gasteiger partial charge < -0.3 is 15.2 Å². The zero-order chi connectivity index (χ0) is 23.0. The van der Waals surface area contributed by atoms with Gasteiger partial charge in [-0.1, -0.05) is 11.6 Å². The number of amides is 2. The van der Waals surface area contributed by atoms with Crippen molar-refractivity contribution in [3.8, 4) is 0 Å². The van der Waals surface area contributed by atoms with Gasteiger partial charge in [-0.05, 0) is 54.8 Å². The van der Waals surface area contributed by atoms with Crippen molar-refractivity contribution >= 4 is 40.0 Å². The second-order valence-electron chi connectivity index (χ2n) is 7.54. The van der Waals surface area contributed by atoms with Crippen LogP contribution in [0.15, 0.2) is 42.6 Å². The summed E-state index contributed by atoms with van der Waals surface area (Å²) >= 11 is 6.03. The van der Waals surface area contributed by atoms with Gasteiger partial charge in [-0.15, -0.1) is 0 Å². The maximum atomic E-state index is 13.5. The first-order valence-electron chi connectivity index (χ1n) is 9.86. The molecule has 0 aliphatic carbocycles. The van der Waals surface area contributed by atoms with E-state index in [1.807, 2.05) is 18.3 Å². The van der Waals surface area contributed by atoms with Gasteiger partial charge in [-0.3, -0.25) is 9.59 Å². The molecule has 1 unspecified atom stereocenters. The van der Waals surface area contributed by atoms with Gasteiger partial charge in [-0.25, -0.2) is 4.39 Å². The molecule has 1 fully saturated rings. The molecule has 1 atom stereocenters. The van der Waals surface area contributed by atoms with Gasteiger partial charge in [0.25, 0.3) is 0 Å². The van der Waals surface area contributed by atoms with Crippen LogP contribution in [0.3, 0.4) is 0 Å². The summed E-state index contributed by atoms with van der Waals surface area (Å²) in [7, 11) is 0. The lowest BCUT2D eigenvalue weighted by Crippen LogP contribution is -2.37. The molecule has 0 spiro atoms. The third-order valence-electron chi connectivity index (χ3n) is 5.51. The van der Waals surface area contributed by atoms with Gasteiger partial charge in [0.1, 0.15) is 11.7 Å². The lowest BCUT2D eigenvalue weighted by Gasteiger charge is -2.19. The number of hydrogen-bond donors (Lipinski definition) is 2. The largest absolute Gasteiger partial charge is 0.419 e. The second-order valence-corrected chi connectivity index (χ2v) is 7.97. The molecule has 1 saturated heterocycles. The third kappa shape index (κ3) is 4.29. The van der Waals surface area contributed by atoms with Crippen molar-refractivity contribution < 1.29 is 27.2 Å². The van der Waals surface area contributed by atoms with E-state index in [1.54, 1.807) is 6.07 Å². The van der Waals surface area contributed by atoms with E-state index in [2.05, 4.69) is 10.3 Å².